The van der Waals surface area contributed by atoms with E-state index in [9.17, 15) is 27.9 Å². The molecule has 2 atom stereocenters. The summed E-state index contributed by atoms with van der Waals surface area (Å²) in [6, 6.07) is 4.73. The molecule has 1 saturated carbocycles. The van der Waals surface area contributed by atoms with Gasteiger partial charge in [0.25, 0.3) is 0 Å². The lowest BCUT2D eigenvalue weighted by Gasteiger charge is -2.31. The zero-order valence-corrected chi connectivity index (χ0v) is 19.4. The number of hydrogen-bond acceptors (Lipinski definition) is 5. The fourth-order valence-electron chi connectivity index (χ4n) is 5.05. The third-order valence-corrected chi connectivity index (χ3v) is 6.71. The minimum Gasteiger partial charge on any atom is -0.478 e. The summed E-state index contributed by atoms with van der Waals surface area (Å²) in [5.74, 6) is -3.21. The van der Waals surface area contributed by atoms with Gasteiger partial charge in [-0.2, -0.15) is 13.2 Å². The maximum absolute atomic E-state index is 13.8. The van der Waals surface area contributed by atoms with Crippen molar-refractivity contribution in [2.45, 2.75) is 70.5 Å². The number of nitrogens with one attached hydrogen (secondary N) is 1. The van der Waals surface area contributed by atoms with Crippen LogP contribution < -0.4 is 11.1 Å². The lowest BCUT2D eigenvalue weighted by molar-refractivity contribution is -0.141. The second-order valence-electron chi connectivity index (χ2n) is 9.01. The van der Waals surface area contributed by atoms with Crippen molar-refractivity contribution >= 4 is 11.9 Å². The molecule has 0 spiro atoms. The number of ether oxygens (including phenoxy) is 1. The molecular formula is C25H31F3N2O4. The molecule has 0 radical (unpaired) electrons. The first-order valence-electron chi connectivity index (χ1n) is 11.5. The minimum absolute atomic E-state index is 0.0223. The van der Waals surface area contributed by atoms with Gasteiger partial charge in [-0.15, -0.1) is 0 Å². The Balaban J connectivity index is 1.85. The van der Waals surface area contributed by atoms with Crippen molar-refractivity contribution in [2.24, 2.45) is 11.7 Å². The number of carboxylic acids is 1. The van der Waals surface area contributed by atoms with Gasteiger partial charge in [0, 0.05) is 17.4 Å². The number of halogens is 3. The summed E-state index contributed by atoms with van der Waals surface area (Å²) in [6.45, 7) is 3.04. The average molecular weight is 481 g/mol. The van der Waals surface area contributed by atoms with E-state index in [0.717, 1.165) is 18.9 Å². The Morgan fingerprint density at radius 1 is 1.15 bits per heavy atom. The summed E-state index contributed by atoms with van der Waals surface area (Å²) >= 11 is 0. The van der Waals surface area contributed by atoms with Crippen LogP contribution in [0.5, 0.6) is 0 Å². The molecule has 1 aromatic rings. The fourth-order valence-corrected chi connectivity index (χ4v) is 5.05. The predicted molar refractivity (Wildman–Crippen MR) is 120 cm³/mol. The molecule has 3 rings (SSSR count). The first-order valence-corrected chi connectivity index (χ1v) is 11.5. The number of aliphatic carboxylic acids is 1. The summed E-state index contributed by atoms with van der Waals surface area (Å²) < 4.78 is 46.8. The van der Waals surface area contributed by atoms with Crippen molar-refractivity contribution < 1.29 is 32.6 Å². The minimum atomic E-state index is -4.72. The number of allylic oxidation sites excluding steroid dienone is 2. The number of esters is 1. The van der Waals surface area contributed by atoms with Crippen LogP contribution in [-0.4, -0.2) is 29.7 Å². The van der Waals surface area contributed by atoms with Gasteiger partial charge in [-0.25, -0.2) is 9.59 Å². The molecule has 2 aliphatic rings. The maximum atomic E-state index is 13.8. The maximum Gasteiger partial charge on any atom is 0.416 e. The van der Waals surface area contributed by atoms with E-state index in [2.05, 4.69) is 5.32 Å². The smallest absolute Gasteiger partial charge is 0.416 e. The van der Waals surface area contributed by atoms with Gasteiger partial charge >= 0.3 is 18.1 Å². The first kappa shape index (κ1) is 25.8. The zero-order chi connectivity index (χ0) is 25.0. The first-order chi connectivity index (χ1) is 16.0. The van der Waals surface area contributed by atoms with Gasteiger partial charge < -0.3 is 20.9 Å². The number of carbonyl (C=O) groups is 2. The second-order valence-corrected chi connectivity index (χ2v) is 9.01. The van der Waals surface area contributed by atoms with Crippen LogP contribution in [0.4, 0.5) is 13.2 Å². The van der Waals surface area contributed by atoms with Crippen LogP contribution in [0.1, 0.15) is 69.4 Å². The molecule has 186 valence electrons. The van der Waals surface area contributed by atoms with E-state index in [1.807, 2.05) is 0 Å². The van der Waals surface area contributed by atoms with Crippen LogP contribution in [-0.2, 0) is 20.5 Å². The molecule has 1 heterocycles. The topological polar surface area (TPSA) is 102 Å². The van der Waals surface area contributed by atoms with E-state index < -0.39 is 29.6 Å². The van der Waals surface area contributed by atoms with Gasteiger partial charge in [0.05, 0.1) is 29.2 Å². The summed E-state index contributed by atoms with van der Waals surface area (Å²) in [5, 5.41) is 12.7. The highest BCUT2D eigenvalue weighted by Gasteiger charge is 2.42. The van der Waals surface area contributed by atoms with Gasteiger partial charge in [-0.3, -0.25) is 0 Å². The molecule has 0 bridgehead atoms. The van der Waals surface area contributed by atoms with E-state index in [-0.39, 0.29) is 40.8 Å². The van der Waals surface area contributed by atoms with Gasteiger partial charge in [0.2, 0.25) is 0 Å². The fraction of sp³-hybridized carbons (Fsp3) is 0.520. The molecule has 34 heavy (non-hydrogen) atoms. The van der Waals surface area contributed by atoms with Crippen molar-refractivity contribution in [3.8, 4) is 0 Å². The molecule has 1 aliphatic heterocycles. The monoisotopic (exact) mass is 480 g/mol. The average Bonchev–Trinajstić information content (AvgIpc) is 3.30. The number of carbonyl (C=O) groups excluding carboxylic acids is 1. The molecule has 0 aromatic heterocycles. The Kier molecular flexibility index (Phi) is 8.07. The van der Waals surface area contributed by atoms with Crippen LogP contribution in [0.3, 0.4) is 0 Å². The van der Waals surface area contributed by atoms with Gasteiger partial charge in [0.1, 0.15) is 0 Å². The van der Waals surface area contributed by atoms with Crippen molar-refractivity contribution in [1.29, 1.82) is 0 Å². The van der Waals surface area contributed by atoms with Crippen molar-refractivity contribution in [3.05, 3.63) is 57.9 Å². The number of rotatable bonds is 8. The van der Waals surface area contributed by atoms with Crippen molar-refractivity contribution in [3.63, 3.8) is 0 Å². The molecule has 0 saturated heterocycles. The SMILES string of the molecule is CC1=C(C(=O)O)C(c2ccccc2C(F)(F)F)C(C(=O)OCCCC(N)C2CCCC2)=C(C)N1. The number of dihydropyridines is 1. The molecule has 1 fully saturated rings. The van der Waals surface area contributed by atoms with Crippen LogP contribution in [0.25, 0.3) is 0 Å². The zero-order valence-electron chi connectivity index (χ0n) is 19.4. The number of alkyl halides is 3. The number of hydrogen-bond donors (Lipinski definition) is 3. The van der Waals surface area contributed by atoms with Crippen LogP contribution in [0.15, 0.2) is 46.8 Å². The predicted octanol–water partition coefficient (Wildman–Crippen LogP) is 4.87. The highest BCUT2D eigenvalue weighted by molar-refractivity contribution is 5.99. The lowest BCUT2D eigenvalue weighted by Crippen LogP contribution is -2.33. The Bertz CT molecular complexity index is 994. The molecule has 2 unspecified atom stereocenters. The molecular weight excluding hydrogens is 449 g/mol. The molecule has 4 N–H and O–H groups in total. The van der Waals surface area contributed by atoms with E-state index in [4.69, 9.17) is 10.5 Å². The van der Waals surface area contributed by atoms with E-state index in [0.29, 0.717) is 18.8 Å². The third-order valence-electron chi connectivity index (χ3n) is 6.71. The van der Waals surface area contributed by atoms with Crippen LogP contribution >= 0.6 is 0 Å². The molecule has 0 amide bonds. The lowest BCUT2D eigenvalue weighted by atomic mass is 9.78. The number of benzene rings is 1. The third kappa shape index (κ3) is 5.63. The molecule has 9 heteroatoms. The highest BCUT2D eigenvalue weighted by Crippen LogP contribution is 2.44. The van der Waals surface area contributed by atoms with Gasteiger partial charge in [0.15, 0.2) is 0 Å². The summed E-state index contributed by atoms with van der Waals surface area (Å²) in [7, 11) is 0. The largest absolute Gasteiger partial charge is 0.478 e. The van der Waals surface area contributed by atoms with Crippen molar-refractivity contribution in [2.75, 3.05) is 6.61 Å². The summed E-state index contributed by atoms with van der Waals surface area (Å²) in [4.78, 5) is 25.2. The Hall–Kier alpha value is -2.81. The molecule has 6 nitrogen and oxygen atoms in total. The Morgan fingerprint density at radius 2 is 1.76 bits per heavy atom. The van der Waals surface area contributed by atoms with Crippen LogP contribution in [0.2, 0.25) is 0 Å². The van der Waals surface area contributed by atoms with Gasteiger partial charge in [-0.05, 0) is 57.1 Å². The standard InChI is InChI=1S/C25H31F3N2O4/c1-14-20(23(31)32)22(17-10-5-6-11-18(17)25(26,27)28)21(15(2)30-14)24(33)34-13-7-12-19(29)16-8-3-4-9-16/h5-6,10-11,16,19,22,30H,3-4,7-9,12-13,29H2,1-2H3,(H,31,32). The summed E-state index contributed by atoms with van der Waals surface area (Å²) in [6.07, 6.45) is 1.02. The van der Waals surface area contributed by atoms with Crippen molar-refractivity contribution in [1.82, 2.24) is 5.32 Å². The number of carboxylic acid groups (broad SMARTS) is 1. The number of nitrogens with two attached hydrogens (primary N) is 1. The highest BCUT2D eigenvalue weighted by atomic mass is 19.4. The quantitative estimate of drug-likeness (QED) is 0.363. The normalized spacial score (nSPS) is 20.4. The van der Waals surface area contributed by atoms with E-state index in [1.54, 1.807) is 0 Å². The Labute approximate surface area is 197 Å². The van der Waals surface area contributed by atoms with E-state index >= 15 is 0 Å². The second kappa shape index (κ2) is 10.6. The molecule has 1 aromatic carbocycles. The van der Waals surface area contributed by atoms with Gasteiger partial charge in [-0.1, -0.05) is 31.0 Å². The molecule has 1 aliphatic carbocycles. The summed E-state index contributed by atoms with van der Waals surface area (Å²) in [5.41, 5.74) is 4.92. The van der Waals surface area contributed by atoms with E-state index in [1.165, 1.54) is 44.9 Å². The Morgan fingerprint density at radius 3 is 2.38 bits per heavy atom. The van der Waals surface area contributed by atoms with Crippen LogP contribution in [0, 0.1) is 5.92 Å².